The van der Waals surface area contributed by atoms with Gasteiger partial charge in [0.1, 0.15) is 5.52 Å². The van der Waals surface area contributed by atoms with Crippen molar-refractivity contribution in [1.29, 1.82) is 0 Å². The van der Waals surface area contributed by atoms with E-state index < -0.39 is 0 Å². The van der Waals surface area contributed by atoms with Crippen molar-refractivity contribution >= 4 is 22.9 Å². The van der Waals surface area contributed by atoms with Gasteiger partial charge in [0.15, 0.2) is 11.5 Å². The Bertz CT molecular complexity index is 586. The highest BCUT2D eigenvalue weighted by Crippen LogP contribution is 2.21. The summed E-state index contributed by atoms with van der Waals surface area (Å²) in [5.41, 5.74) is 1.57. The summed E-state index contributed by atoms with van der Waals surface area (Å²) in [6, 6.07) is 0. The Morgan fingerprint density at radius 2 is 2.14 bits per heavy atom. The van der Waals surface area contributed by atoms with Crippen LogP contribution in [0.1, 0.15) is 19.8 Å². The second-order valence-corrected chi connectivity index (χ2v) is 5.51. The molecule has 0 bridgehead atoms. The van der Waals surface area contributed by atoms with E-state index in [4.69, 9.17) is 0 Å². The van der Waals surface area contributed by atoms with Crippen molar-refractivity contribution in [3.8, 4) is 0 Å². The van der Waals surface area contributed by atoms with Crippen LogP contribution >= 0.6 is 0 Å². The molecular formula is C14H23N7. The molecule has 7 nitrogen and oxygen atoms in total. The van der Waals surface area contributed by atoms with Crippen LogP contribution in [0.5, 0.6) is 0 Å². The van der Waals surface area contributed by atoms with Crippen molar-refractivity contribution in [3.05, 3.63) is 6.33 Å². The van der Waals surface area contributed by atoms with Gasteiger partial charge in [0, 0.05) is 13.6 Å². The number of fused-ring (bicyclic) bond motifs is 1. The van der Waals surface area contributed by atoms with Gasteiger partial charge in [-0.15, -0.1) is 0 Å². The van der Waals surface area contributed by atoms with Crippen LogP contribution in [0.15, 0.2) is 6.33 Å². The van der Waals surface area contributed by atoms with Crippen LogP contribution < -0.4 is 10.6 Å². The van der Waals surface area contributed by atoms with Gasteiger partial charge >= 0.3 is 0 Å². The van der Waals surface area contributed by atoms with E-state index in [1.165, 1.54) is 25.9 Å². The quantitative estimate of drug-likeness (QED) is 0.774. The van der Waals surface area contributed by atoms with E-state index in [0.29, 0.717) is 17.5 Å². The van der Waals surface area contributed by atoms with Gasteiger partial charge in [-0.3, -0.25) is 0 Å². The van der Waals surface area contributed by atoms with Gasteiger partial charge in [-0.25, -0.2) is 4.98 Å². The number of piperidine rings is 1. The maximum atomic E-state index is 4.49. The molecule has 1 aliphatic rings. The Morgan fingerprint density at radius 1 is 1.33 bits per heavy atom. The summed E-state index contributed by atoms with van der Waals surface area (Å²) in [5, 5.41) is 6.45. The molecule has 3 heterocycles. The molecule has 0 spiro atoms. The first-order chi connectivity index (χ1) is 10.3. The topological polar surface area (TPSA) is 81.8 Å². The number of nitrogens with one attached hydrogen (secondary N) is 3. The molecule has 0 aromatic carbocycles. The fraction of sp³-hybridized carbons (Fsp3) is 0.643. The minimum atomic E-state index is 0.595. The third kappa shape index (κ3) is 3.07. The van der Waals surface area contributed by atoms with Crippen molar-refractivity contribution in [2.24, 2.45) is 5.92 Å². The zero-order valence-corrected chi connectivity index (χ0v) is 12.7. The molecule has 1 saturated heterocycles. The molecule has 3 N–H and O–H groups in total. The van der Waals surface area contributed by atoms with E-state index in [1.807, 2.05) is 7.05 Å². The highest BCUT2D eigenvalue weighted by molar-refractivity contribution is 5.83. The lowest BCUT2D eigenvalue weighted by Crippen LogP contribution is -2.35. The molecule has 0 aliphatic carbocycles. The molecule has 0 radical (unpaired) electrons. The zero-order valence-electron chi connectivity index (χ0n) is 12.7. The summed E-state index contributed by atoms with van der Waals surface area (Å²) < 4.78 is 0. The number of aromatic amines is 1. The first-order valence-corrected chi connectivity index (χ1v) is 7.65. The van der Waals surface area contributed by atoms with Gasteiger partial charge in [-0.2, -0.15) is 9.97 Å². The average molecular weight is 289 g/mol. The fourth-order valence-electron chi connectivity index (χ4n) is 2.82. The lowest BCUT2D eigenvalue weighted by atomic mass is 9.97. The lowest BCUT2D eigenvalue weighted by molar-refractivity contribution is 0.198. The fourth-order valence-corrected chi connectivity index (χ4v) is 2.82. The number of aromatic nitrogens is 4. The predicted octanol–water partition coefficient (Wildman–Crippen LogP) is 1.54. The highest BCUT2D eigenvalue weighted by Gasteiger charge is 2.18. The second-order valence-electron chi connectivity index (χ2n) is 5.51. The van der Waals surface area contributed by atoms with Crippen molar-refractivity contribution in [2.45, 2.75) is 19.8 Å². The van der Waals surface area contributed by atoms with Crippen LogP contribution in [0.3, 0.4) is 0 Å². The van der Waals surface area contributed by atoms with Crippen LogP contribution in [-0.4, -0.2) is 58.1 Å². The Hall–Kier alpha value is -1.89. The minimum Gasteiger partial charge on any atom is -0.368 e. The number of hydrogen-bond donors (Lipinski definition) is 3. The smallest absolute Gasteiger partial charge is 0.226 e. The SMILES string of the molecule is CCN1CCC(CNc2nc(NC)nc3nc[nH]c23)CC1. The van der Waals surface area contributed by atoms with Gasteiger partial charge in [0.25, 0.3) is 0 Å². The van der Waals surface area contributed by atoms with Crippen molar-refractivity contribution in [1.82, 2.24) is 24.8 Å². The van der Waals surface area contributed by atoms with Gasteiger partial charge in [0.05, 0.1) is 6.33 Å². The number of anilines is 2. The number of imidazole rings is 1. The van der Waals surface area contributed by atoms with E-state index in [1.54, 1.807) is 6.33 Å². The number of rotatable bonds is 5. The van der Waals surface area contributed by atoms with Gasteiger partial charge in [-0.1, -0.05) is 6.92 Å². The Kier molecular flexibility index (Phi) is 4.19. The first-order valence-electron chi connectivity index (χ1n) is 7.65. The van der Waals surface area contributed by atoms with Crippen LogP contribution in [0, 0.1) is 5.92 Å². The lowest BCUT2D eigenvalue weighted by Gasteiger charge is -2.31. The summed E-state index contributed by atoms with van der Waals surface area (Å²) in [6.45, 7) is 6.74. The van der Waals surface area contributed by atoms with E-state index in [-0.39, 0.29) is 0 Å². The third-order valence-electron chi connectivity index (χ3n) is 4.22. The Morgan fingerprint density at radius 3 is 2.86 bits per heavy atom. The standard InChI is InChI=1S/C14H23N7/c1-3-21-6-4-10(5-7-21)8-16-12-11-13(18-9-17-11)20-14(15-2)19-12/h9-10H,3-8H2,1-2H3,(H3,15,16,17,18,19,20). The molecule has 21 heavy (non-hydrogen) atoms. The molecule has 2 aromatic heterocycles. The number of hydrogen-bond acceptors (Lipinski definition) is 6. The number of likely N-dealkylation sites (tertiary alicyclic amines) is 1. The molecular weight excluding hydrogens is 266 g/mol. The van der Waals surface area contributed by atoms with E-state index in [2.05, 4.69) is 42.4 Å². The normalized spacial score (nSPS) is 17.2. The van der Waals surface area contributed by atoms with Crippen LogP contribution in [0.2, 0.25) is 0 Å². The van der Waals surface area contributed by atoms with Gasteiger partial charge in [-0.05, 0) is 38.4 Å². The molecule has 1 aliphatic heterocycles. The van der Waals surface area contributed by atoms with Crippen molar-refractivity contribution < 1.29 is 0 Å². The van der Waals surface area contributed by atoms with Gasteiger partial charge < -0.3 is 20.5 Å². The highest BCUT2D eigenvalue weighted by atomic mass is 15.2. The van der Waals surface area contributed by atoms with Crippen molar-refractivity contribution in [3.63, 3.8) is 0 Å². The Balaban J connectivity index is 1.66. The molecule has 3 rings (SSSR count). The first kappa shape index (κ1) is 14.1. The molecule has 0 amide bonds. The van der Waals surface area contributed by atoms with E-state index >= 15 is 0 Å². The number of H-pyrrole nitrogens is 1. The molecule has 0 atom stereocenters. The second kappa shape index (κ2) is 6.26. The largest absolute Gasteiger partial charge is 0.368 e. The van der Waals surface area contributed by atoms with Crippen LogP contribution in [-0.2, 0) is 0 Å². The summed E-state index contributed by atoms with van der Waals surface area (Å²) in [7, 11) is 1.82. The maximum Gasteiger partial charge on any atom is 0.226 e. The maximum absolute atomic E-state index is 4.49. The minimum absolute atomic E-state index is 0.595. The summed E-state index contributed by atoms with van der Waals surface area (Å²) in [4.78, 5) is 18.6. The number of nitrogens with zero attached hydrogens (tertiary/aromatic N) is 4. The van der Waals surface area contributed by atoms with E-state index in [0.717, 1.165) is 24.4 Å². The van der Waals surface area contributed by atoms with Crippen molar-refractivity contribution in [2.75, 3.05) is 43.9 Å². The molecule has 1 fully saturated rings. The summed E-state index contributed by atoms with van der Waals surface area (Å²) in [6.07, 6.45) is 4.15. The molecule has 114 valence electrons. The van der Waals surface area contributed by atoms with Crippen LogP contribution in [0.4, 0.5) is 11.8 Å². The molecule has 2 aromatic rings. The summed E-state index contributed by atoms with van der Waals surface area (Å²) >= 11 is 0. The average Bonchev–Trinajstić information content (AvgIpc) is 3.01. The molecule has 0 unspecified atom stereocenters. The van der Waals surface area contributed by atoms with E-state index in [9.17, 15) is 0 Å². The Labute approximate surface area is 124 Å². The molecule has 7 heteroatoms. The van der Waals surface area contributed by atoms with Crippen LogP contribution in [0.25, 0.3) is 11.2 Å². The predicted molar refractivity (Wildman–Crippen MR) is 84.6 cm³/mol. The summed E-state index contributed by atoms with van der Waals surface area (Å²) in [5.74, 6) is 2.14. The molecule has 0 saturated carbocycles. The monoisotopic (exact) mass is 289 g/mol. The zero-order chi connectivity index (χ0) is 14.7. The van der Waals surface area contributed by atoms with Gasteiger partial charge in [0.2, 0.25) is 5.95 Å². The third-order valence-corrected chi connectivity index (χ3v) is 4.22.